The summed E-state index contributed by atoms with van der Waals surface area (Å²) < 4.78 is 16.9. The van der Waals surface area contributed by atoms with Crippen LogP contribution in [0, 0.1) is 17.8 Å². The van der Waals surface area contributed by atoms with E-state index in [0.717, 1.165) is 44.9 Å². The fourth-order valence-electron chi connectivity index (χ4n) is 5.17. The van der Waals surface area contributed by atoms with Crippen molar-refractivity contribution in [3.8, 4) is 0 Å². The Bertz CT molecular complexity index is 564. The number of methoxy groups -OCH3 is 1. The lowest BCUT2D eigenvalue weighted by atomic mass is 9.82. The van der Waals surface area contributed by atoms with Crippen molar-refractivity contribution in [1.82, 2.24) is 0 Å². The van der Waals surface area contributed by atoms with Gasteiger partial charge in [0, 0.05) is 31.6 Å². The van der Waals surface area contributed by atoms with Gasteiger partial charge in [0.25, 0.3) is 0 Å². The maximum absolute atomic E-state index is 12.6. The van der Waals surface area contributed by atoms with Gasteiger partial charge in [0.2, 0.25) is 0 Å². The maximum Gasteiger partial charge on any atom is 0.305 e. The molecule has 1 aliphatic carbocycles. The van der Waals surface area contributed by atoms with E-state index in [1.54, 1.807) is 0 Å². The predicted molar refractivity (Wildman–Crippen MR) is 123 cm³/mol. The molecule has 0 aromatic carbocycles. The first-order valence-electron chi connectivity index (χ1n) is 12.5. The van der Waals surface area contributed by atoms with Crippen molar-refractivity contribution < 1.29 is 23.8 Å². The Morgan fingerprint density at radius 1 is 1.10 bits per heavy atom. The molecule has 3 unspecified atom stereocenters. The number of carbonyl (C=O) groups excluding carboxylic acids is 2. The third-order valence-corrected chi connectivity index (χ3v) is 7.05. The molecule has 5 heteroatoms. The molecular weight excluding hydrogens is 392 g/mol. The van der Waals surface area contributed by atoms with E-state index in [1.807, 2.05) is 0 Å². The molecule has 5 nitrogen and oxygen atoms in total. The molecule has 0 bridgehead atoms. The zero-order valence-electron chi connectivity index (χ0n) is 20.0. The Morgan fingerprint density at radius 3 is 2.55 bits per heavy atom. The predicted octanol–water partition coefficient (Wildman–Crippen LogP) is 6.00. The van der Waals surface area contributed by atoms with E-state index in [2.05, 4.69) is 30.7 Å². The Labute approximate surface area is 189 Å². The lowest BCUT2D eigenvalue weighted by Gasteiger charge is -2.30. The molecule has 2 rings (SSSR count). The van der Waals surface area contributed by atoms with Gasteiger partial charge in [0.15, 0.2) is 5.79 Å². The molecule has 0 aromatic heterocycles. The second-order valence-electron chi connectivity index (χ2n) is 9.40. The molecular formula is C26H44O5. The van der Waals surface area contributed by atoms with Gasteiger partial charge in [-0.25, -0.2) is 0 Å². The van der Waals surface area contributed by atoms with Gasteiger partial charge in [0.1, 0.15) is 5.78 Å². The lowest BCUT2D eigenvalue weighted by molar-refractivity contribution is -0.171. The number of esters is 1. The second-order valence-corrected chi connectivity index (χ2v) is 9.40. The summed E-state index contributed by atoms with van der Waals surface area (Å²) in [6.45, 7) is 5.83. The first-order valence-corrected chi connectivity index (χ1v) is 12.5. The van der Waals surface area contributed by atoms with Gasteiger partial charge in [-0.2, -0.15) is 0 Å². The fourth-order valence-corrected chi connectivity index (χ4v) is 5.17. The van der Waals surface area contributed by atoms with Crippen molar-refractivity contribution in [2.75, 3.05) is 20.3 Å². The standard InChI is InChI=1S/C26H44O5/c1-4-5-6-9-12-16-26(30-18-19-31-26)17-15-22-21(2)20-24(27)23(22)13-10-7-8-11-14-25(28)29-3/h7,10,21-23H,4-6,8-9,11-20H2,1-3H3/b10-7+. The molecule has 31 heavy (non-hydrogen) atoms. The summed E-state index contributed by atoms with van der Waals surface area (Å²) >= 11 is 0. The molecule has 0 aromatic rings. The van der Waals surface area contributed by atoms with Crippen LogP contribution in [0.2, 0.25) is 0 Å². The van der Waals surface area contributed by atoms with Gasteiger partial charge in [-0.15, -0.1) is 0 Å². The molecule has 0 amide bonds. The van der Waals surface area contributed by atoms with E-state index in [4.69, 9.17) is 9.47 Å². The number of ketones is 1. The number of hydrogen-bond donors (Lipinski definition) is 0. The third-order valence-electron chi connectivity index (χ3n) is 7.05. The van der Waals surface area contributed by atoms with Crippen LogP contribution in [-0.2, 0) is 23.8 Å². The molecule has 1 saturated carbocycles. The van der Waals surface area contributed by atoms with E-state index < -0.39 is 5.79 Å². The van der Waals surface area contributed by atoms with E-state index in [-0.39, 0.29) is 11.9 Å². The summed E-state index contributed by atoms with van der Waals surface area (Å²) in [4.78, 5) is 23.8. The monoisotopic (exact) mass is 436 g/mol. The first kappa shape index (κ1) is 26.1. The average Bonchev–Trinajstić information content (AvgIpc) is 3.33. The zero-order chi connectivity index (χ0) is 22.5. The molecule has 2 fully saturated rings. The van der Waals surface area contributed by atoms with Crippen LogP contribution in [-0.4, -0.2) is 37.9 Å². The molecule has 178 valence electrons. The quantitative estimate of drug-likeness (QED) is 0.179. The smallest absolute Gasteiger partial charge is 0.305 e. The minimum atomic E-state index is -0.425. The van der Waals surface area contributed by atoms with Crippen molar-refractivity contribution >= 4 is 11.8 Å². The highest BCUT2D eigenvalue weighted by Gasteiger charge is 2.42. The Balaban J connectivity index is 1.81. The van der Waals surface area contributed by atoms with E-state index in [1.165, 1.54) is 32.8 Å². The van der Waals surface area contributed by atoms with Gasteiger partial charge in [-0.3, -0.25) is 9.59 Å². The molecule has 0 radical (unpaired) electrons. The Kier molecular flexibility index (Phi) is 11.8. The summed E-state index contributed by atoms with van der Waals surface area (Å²) in [5, 5.41) is 0. The zero-order valence-corrected chi connectivity index (χ0v) is 20.0. The van der Waals surface area contributed by atoms with Crippen LogP contribution in [0.5, 0.6) is 0 Å². The van der Waals surface area contributed by atoms with E-state index >= 15 is 0 Å². The number of carbonyl (C=O) groups is 2. The lowest BCUT2D eigenvalue weighted by Crippen LogP contribution is -2.32. The normalized spacial score (nSPS) is 25.5. The molecule has 1 saturated heterocycles. The van der Waals surface area contributed by atoms with Crippen molar-refractivity contribution in [2.45, 2.75) is 103 Å². The maximum atomic E-state index is 12.6. The summed E-state index contributed by atoms with van der Waals surface area (Å²) in [5.41, 5.74) is 0. The summed E-state index contributed by atoms with van der Waals surface area (Å²) in [6.07, 6.45) is 16.9. The average molecular weight is 437 g/mol. The minimum absolute atomic E-state index is 0.106. The largest absolute Gasteiger partial charge is 0.469 e. The van der Waals surface area contributed by atoms with Crippen LogP contribution in [0.15, 0.2) is 12.2 Å². The molecule has 0 N–H and O–H groups in total. The van der Waals surface area contributed by atoms with E-state index in [9.17, 15) is 9.59 Å². The summed E-state index contributed by atoms with van der Waals surface area (Å²) in [6, 6.07) is 0. The molecule has 2 aliphatic rings. The van der Waals surface area contributed by atoms with Crippen LogP contribution in [0.3, 0.4) is 0 Å². The van der Waals surface area contributed by atoms with Crippen LogP contribution in [0.4, 0.5) is 0 Å². The van der Waals surface area contributed by atoms with Crippen molar-refractivity contribution in [2.24, 2.45) is 17.8 Å². The van der Waals surface area contributed by atoms with Crippen molar-refractivity contribution in [1.29, 1.82) is 0 Å². The van der Waals surface area contributed by atoms with E-state index in [0.29, 0.717) is 43.7 Å². The number of ether oxygens (including phenoxy) is 3. The molecule has 1 heterocycles. The molecule has 1 aliphatic heterocycles. The number of allylic oxidation sites excluding steroid dienone is 2. The molecule has 3 atom stereocenters. The van der Waals surface area contributed by atoms with Gasteiger partial charge >= 0.3 is 5.97 Å². The number of Topliss-reactive ketones (excluding diaryl/α,β-unsaturated/α-hetero) is 1. The highest BCUT2D eigenvalue weighted by molar-refractivity contribution is 5.84. The second kappa shape index (κ2) is 14.1. The van der Waals surface area contributed by atoms with Crippen LogP contribution in [0.25, 0.3) is 0 Å². The van der Waals surface area contributed by atoms with Gasteiger partial charge in [-0.1, -0.05) is 51.7 Å². The van der Waals surface area contributed by atoms with Crippen molar-refractivity contribution in [3.05, 3.63) is 12.2 Å². The van der Waals surface area contributed by atoms with Crippen LogP contribution in [0.1, 0.15) is 97.3 Å². The Hall–Kier alpha value is -1.20. The highest BCUT2D eigenvalue weighted by atomic mass is 16.7. The first-order chi connectivity index (χ1) is 15.0. The minimum Gasteiger partial charge on any atom is -0.469 e. The summed E-state index contributed by atoms with van der Waals surface area (Å²) in [7, 11) is 1.42. The Morgan fingerprint density at radius 2 is 1.84 bits per heavy atom. The van der Waals surface area contributed by atoms with Gasteiger partial charge < -0.3 is 14.2 Å². The third kappa shape index (κ3) is 8.69. The summed E-state index contributed by atoms with van der Waals surface area (Å²) in [5.74, 6) is 0.744. The SMILES string of the molecule is CCCCCCCC1(CCC2C(C)CC(=O)C2C/C=C/CCCC(=O)OC)OCCO1. The van der Waals surface area contributed by atoms with Gasteiger partial charge in [-0.05, 0) is 43.9 Å². The van der Waals surface area contributed by atoms with Gasteiger partial charge in [0.05, 0.1) is 20.3 Å². The topological polar surface area (TPSA) is 61.8 Å². The molecule has 0 spiro atoms. The highest BCUT2D eigenvalue weighted by Crippen LogP contribution is 2.42. The fraction of sp³-hybridized carbons (Fsp3) is 0.846. The van der Waals surface area contributed by atoms with Crippen LogP contribution < -0.4 is 0 Å². The van der Waals surface area contributed by atoms with Crippen LogP contribution >= 0.6 is 0 Å². The van der Waals surface area contributed by atoms with Crippen molar-refractivity contribution in [3.63, 3.8) is 0 Å². The number of hydrogen-bond acceptors (Lipinski definition) is 5. The number of rotatable bonds is 15. The number of unbranched alkanes of at least 4 members (excludes halogenated alkanes) is 5.